The molecule has 0 saturated carbocycles. The molecular weight excluding hydrogens is 296 g/mol. The van der Waals surface area contributed by atoms with Crippen molar-refractivity contribution in [3.8, 4) is 0 Å². The van der Waals surface area contributed by atoms with Gasteiger partial charge in [0.05, 0.1) is 38.5 Å². The maximum absolute atomic E-state index is 12.4. The van der Waals surface area contributed by atoms with Crippen molar-refractivity contribution in [2.45, 2.75) is 36.5 Å². The molecule has 1 amide bonds. The van der Waals surface area contributed by atoms with Crippen LogP contribution in [0.2, 0.25) is 0 Å². The Morgan fingerprint density at radius 2 is 1.64 bits per heavy atom. The van der Waals surface area contributed by atoms with Gasteiger partial charge in [0.2, 0.25) is 0 Å². The molecule has 0 aliphatic carbocycles. The van der Waals surface area contributed by atoms with Crippen LogP contribution in [0.4, 0.5) is 0 Å². The molecule has 2 fully saturated rings. The van der Waals surface area contributed by atoms with E-state index in [2.05, 4.69) is 10.1 Å². The zero-order valence-corrected chi connectivity index (χ0v) is 12.8. The summed E-state index contributed by atoms with van der Waals surface area (Å²) in [6.45, 7) is 0.421. The van der Waals surface area contributed by atoms with E-state index in [0.717, 1.165) is 0 Å². The molecule has 2 aliphatic heterocycles. The molecule has 0 aromatic heterocycles. The van der Waals surface area contributed by atoms with Crippen LogP contribution in [0.15, 0.2) is 0 Å². The van der Waals surface area contributed by atoms with Gasteiger partial charge in [0.1, 0.15) is 6.10 Å². The lowest BCUT2D eigenvalue weighted by Crippen LogP contribution is -2.56. The van der Waals surface area contributed by atoms with Gasteiger partial charge in [-0.25, -0.2) is 4.79 Å². The predicted octanol–water partition coefficient (Wildman–Crippen LogP) is -2.20. The zero-order chi connectivity index (χ0) is 16.3. The first kappa shape index (κ1) is 17.1. The van der Waals surface area contributed by atoms with E-state index in [9.17, 15) is 9.59 Å². The maximum Gasteiger partial charge on any atom is 0.337 e. The second kappa shape index (κ2) is 7.34. The van der Waals surface area contributed by atoms with Crippen LogP contribution in [0.3, 0.4) is 0 Å². The van der Waals surface area contributed by atoms with Gasteiger partial charge in [-0.1, -0.05) is 0 Å². The fourth-order valence-corrected chi connectivity index (χ4v) is 2.65. The minimum Gasteiger partial charge on any atom is -0.467 e. The number of ether oxygens (including phenoxy) is 5. The normalized spacial score (nSPS) is 38.0. The third-order valence-corrected chi connectivity index (χ3v) is 3.99. The Bertz CT molecular complexity index is 419. The molecule has 9 nitrogen and oxygen atoms in total. The first-order valence-electron chi connectivity index (χ1n) is 6.96. The summed E-state index contributed by atoms with van der Waals surface area (Å²) in [7, 11) is 4.24. The highest BCUT2D eigenvalue weighted by molar-refractivity contribution is 5.84. The topological polar surface area (TPSA) is 118 Å². The van der Waals surface area contributed by atoms with Crippen LogP contribution >= 0.6 is 0 Å². The van der Waals surface area contributed by atoms with Gasteiger partial charge in [0.15, 0.2) is 12.2 Å². The number of methoxy groups -OCH3 is 3. The van der Waals surface area contributed by atoms with Gasteiger partial charge in [-0.2, -0.15) is 0 Å². The van der Waals surface area contributed by atoms with Crippen LogP contribution < -0.4 is 11.1 Å². The molecule has 2 rings (SSSR count). The summed E-state index contributed by atoms with van der Waals surface area (Å²) in [6.07, 6.45) is -2.56. The maximum atomic E-state index is 12.4. The van der Waals surface area contributed by atoms with E-state index in [1.54, 1.807) is 0 Å². The molecule has 0 spiro atoms. The van der Waals surface area contributed by atoms with Crippen molar-refractivity contribution in [3.05, 3.63) is 0 Å². The molecule has 2 heterocycles. The first-order chi connectivity index (χ1) is 10.5. The molecule has 0 bridgehead atoms. The molecule has 6 atom stereocenters. The Labute approximate surface area is 128 Å². The lowest BCUT2D eigenvalue weighted by atomic mass is 10.1. The molecule has 2 aliphatic rings. The predicted molar refractivity (Wildman–Crippen MR) is 73.0 cm³/mol. The largest absolute Gasteiger partial charge is 0.467 e. The van der Waals surface area contributed by atoms with E-state index in [1.807, 2.05) is 0 Å². The Morgan fingerprint density at radius 3 is 2.18 bits per heavy atom. The standard InChI is InChI=1S/C13H22N2O7/c1-18-6-4-21-10(8(6)14)12(16)15-9-7(19-2)5-22-11(9)13(17)20-3/h6-11H,4-5,14H2,1-3H3,(H,15,16)/t6-,7-,8-,9-,10-,11-/m1/s1. The van der Waals surface area contributed by atoms with Gasteiger partial charge >= 0.3 is 5.97 Å². The number of hydrogen-bond donors (Lipinski definition) is 2. The van der Waals surface area contributed by atoms with Crippen LogP contribution in [-0.2, 0) is 33.3 Å². The van der Waals surface area contributed by atoms with Crippen LogP contribution in [0.1, 0.15) is 0 Å². The van der Waals surface area contributed by atoms with Crippen molar-refractivity contribution in [1.82, 2.24) is 5.32 Å². The summed E-state index contributed by atoms with van der Waals surface area (Å²) in [5.74, 6) is -1.00. The number of carbonyl (C=O) groups is 2. The van der Waals surface area contributed by atoms with Crippen molar-refractivity contribution in [1.29, 1.82) is 0 Å². The molecule has 0 aromatic carbocycles. The first-order valence-corrected chi connectivity index (χ1v) is 6.96. The summed E-state index contributed by atoms with van der Waals surface area (Å²) in [4.78, 5) is 24.1. The van der Waals surface area contributed by atoms with E-state index < -0.39 is 42.3 Å². The fraction of sp³-hybridized carbons (Fsp3) is 0.846. The third-order valence-electron chi connectivity index (χ3n) is 3.99. The Balaban J connectivity index is 2.03. The van der Waals surface area contributed by atoms with Crippen molar-refractivity contribution < 1.29 is 33.3 Å². The van der Waals surface area contributed by atoms with E-state index in [0.29, 0.717) is 0 Å². The molecule has 0 radical (unpaired) electrons. The number of hydrogen-bond acceptors (Lipinski definition) is 8. The highest BCUT2D eigenvalue weighted by Gasteiger charge is 2.46. The van der Waals surface area contributed by atoms with Crippen molar-refractivity contribution >= 4 is 11.9 Å². The van der Waals surface area contributed by atoms with Gasteiger partial charge in [-0.15, -0.1) is 0 Å². The SMILES string of the molecule is COC(=O)[C@@H]1OC[C@@H](OC)[C@H]1NC(=O)[C@@H]1OC[C@@H](OC)[C@H]1N. The molecule has 2 saturated heterocycles. The average Bonchev–Trinajstić information content (AvgIpc) is 3.09. The van der Waals surface area contributed by atoms with E-state index >= 15 is 0 Å². The molecule has 0 aromatic rings. The van der Waals surface area contributed by atoms with Gasteiger partial charge in [0.25, 0.3) is 5.91 Å². The second-order valence-electron chi connectivity index (χ2n) is 5.19. The van der Waals surface area contributed by atoms with Crippen LogP contribution in [0.5, 0.6) is 0 Å². The molecule has 126 valence electrons. The van der Waals surface area contributed by atoms with Crippen molar-refractivity contribution in [2.24, 2.45) is 5.73 Å². The average molecular weight is 318 g/mol. The third kappa shape index (κ3) is 3.23. The van der Waals surface area contributed by atoms with Gasteiger partial charge in [-0.05, 0) is 0 Å². The second-order valence-corrected chi connectivity index (χ2v) is 5.19. The summed E-state index contributed by atoms with van der Waals surface area (Å²) >= 11 is 0. The van der Waals surface area contributed by atoms with Crippen LogP contribution in [-0.4, -0.2) is 82.9 Å². The van der Waals surface area contributed by atoms with Crippen LogP contribution in [0.25, 0.3) is 0 Å². The molecule has 3 N–H and O–H groups in total. The smallest absolute Gasteiger partial charge is 0.337 e. The highest BCUT2D eigenvalue weighted by Crippen LogP contribution is 2.20. The monoisotopic (exact) mass is 318 g/mol. The molecule has 22 heavy (non-hydrogen) atoms. The van der Waals surface area contributed by atoms with Crippen molar-refractivity contribution in [2.75, 3.05) is 34.5 Å². The van der Waals surface area contributed by atoms with E-state index in [-0.39, 0.29) is 19.3 Å². The molecular formula is C13H22N2O7. The molecule has 9 heteroatoms. The van der Waals surface area contributed by atoms with Crippen molar-refractivity contribution in [3.63, 3.8) is 0 Å². The Morgan fingerprint density at radius 1 is 1.05 bits per heavy atom. The van der Waals surface area contributed by atoms with Gasteiger partial charge in [-0.3, -0.25) is 4.79 Å². The zero-order valence-electron chi connectivity index (χ0n) is 12.8. The summed E-state index contributed by atoms with van der Waals surface area (Å²) in [5, 5.41) is 2.71. The van der Waals surface area contributed by atoms with E-state index in [4.69, 9.17) is 24.7 Å². The highest BCUT2D eigenvalue weighted by atomic mass is 16.6. The minimum absolute atomic E-state index is 0.180. The molecule has 0 unspecified atom stereocenters. The Hall–Kier alpha value is -1.26. The van der Waals surface area contributed by atoms with Gasteiger partial charge in [0, 0.05) is 14.2 Å². The lowest BCUT2D eigenvalue weighted by molar-refractivity contribution is -0.152. The van der Waals surface area contributed by atoms with E-state index in [1.165, 1.54) is 21.3 Å². The fourth-order valence-electron chi connectivity index (χ4n) is 2.65. The van der Waals surface area contributed by atoms with Crippen LogP contribution in [0, 0.1) is 0 Å². The number of rotatable bonds is 5. The number of nitrogens with one attached hydrogen (secondary N) is 1. The number of carbonyl (C=O) groups excluding carboxylic acids is 2. The summed E-state index contributed by atoms with van der Waals surface area (Å²) in [6, 6.07) is -1.24. The number of esters is 1. The summed E-state index contributed by atoms with van der Waals surface area (Å²) in [5.41, 5.74) is 5.93. The number of nitrogens with two attached hydrogens (primary N) is 1. The lowest BCUT2D eigenvalue weighted by Gasteiger charge is -2.24. The minimum atomic E-state index is -0.922. The Kier molecular flexibility index (Phi) is 5.70. The van der Waals surface area contributed by atoms with Gasteiger partial charge < -0.3 is 34.7 Å². The number of amides is 1. The quantitative estimate of drug-likeness (QED) is 0.548. The summed E-state index contributed by atoms with van der Waals surface area (Å²) < 4.78 is 25.8.